The van der Waals surface area contributed by atoms with Crippen LogP contribution in [-0.4, -0.2) is 27.5 Å². The number of thiazole rings is 1. The van der Waals surface area contributed by atoms with Crippen molar-refractivity contribution in [1.29, 1.82) is 0 Å². The molecule has 25 heavy (non-hydrogen) atoms. The van der Waals surface area contributed by atoms with Crippen LogP contribution in [0.4, 0.5) is 10.8 Å². The largest absolute Gasteiger partial charge is 0.326 e. The molecule has 0 aliphatic rings. The predicted octanol–water partition coefficient (Wildman–Crippen LogP) is 3.52. The second kappa shape index (κ2) is 8.09. The van der Waals surface area contributed by atoms with Crippen molar-refractivity contribution in [2.24, 2.45) is 0 Å². The number of aromatic nitrogens is 2. The molecule has 2 heterocycles. The minimum Gasteiger partial charge on any atom is -0.326 e. The minimum atomic E-state index is -0.123. The summed E-state index contributed by atoms with van der Waals surface area (Å²) in [5, 5.41) is 6.11. The Bertz CT molecular complexity index is 896. The second-order valence-electron chi connectivity index (χ2n) is 5.24. The van der Waals surface area contributed by atoms with Gasteiger partial charge < -0.3 is 10.6 Å². The SMILES string of the molecule is CC(=O)Nc1ccc2nc(NC(=O)CSCc3ccccn3)sc2c1. The molecule has 0 saturated heterocycles. The minimum absolute atomic E-state index is 0.0953. The normalized spacial score (nSPS) is 10.6. The Morgan fingerprint density at radius 3 is 2.84 bits per heavy atom. The number of thioether (sulfide) groups is 1. The van der Waals surface area contributed by atoms with E-state index in [4.69, 9.17) is 0 Å². The van der Waals surface area contributed by atoms with Gasteiger partial charge >= 0.3 is 0 Å². The van der Waals surface area contributed by atoms with Gasteiger partial charge in [-0.25, -0.2) is 4.98 Å². The molecule has 3 aromatic rings. The molecule has 2 N–H and O–H groups in total. The highest BCUT2D eigenvalue weighted by atomic mass is 32.2. The Morgan fingerprint density at radius 1 is 1.20 bits per heavy atom. The zero-order chi connectivity index (χ0) is 17.6. The Kier molecular flexibility index (Phi) is 5.62. The van der Waals surface area contributed by atoms with E-state index < -0.39 is 0 Å². The lowest BCUT2D eigenvalue weighted by Gasteiger charge is -2.01. The molecule has 3 rings (SSSR count). The van der Waals surface area contributed by atoms with Crippen LogP contribution in [0.3, 0.4) is 0 Å². The molecule has 0 atom stereocenters. The summed E-state index contributed by atoms with van der Waals surface area (Å²) >= 11 is 2.89. The highest BCUT2D eigenvalue weighted by Gasteiger charge is 2.09. The van der Waals surface area contributed by atoms with Gasteiger partial charge in [-0.1, -0.05) is 17.4 Å². The third-order valence-electron chi connectivity index (χ3n) is 3.16. The number of carbonyl (C=O) groups is 2. The van der Waals surface area contributed by atoms with Gasteiger partial charge in [-0.3, -0.25) is 14.6 Å². The van der Waals surface area contributed by atoms with Gasteiger partial charge in [0, 0.05) is 24.6 Å². The van der Waals surface area contributed by atoms with Gasteiger partial charge in [0.15, 0.2) is 5.13 Å². The first-order chi connectivity index (χ1) is 12.1. The fourth-order valence-corrected chi connectivity index (χ4v) is 3.81. The Morgan fingerprint density at radius 2 is 2.08 bits per heavy atom. The molecule has 0 saturated carbocycles. The molecule has 1 aromatic carbocycles. The fraction of sp³-hybridized carbons (Fsp3) is 0.176. The van der Waals surface area contributed by atoms with Gasteiger partial charge in [-0.2, -0.15) is 0 Å². The van der Waals surface area contributed by atoms with Crippen molar-refractivity contribution in [1.82, 2.24) is 9.97 Å². The number of carbonyl (C=O) groups excluding carboxylic acids is 2. The van der Waals surface area contributed by atoms with E-state index in [1.807, 2.05) is 30.3 Å². The van der Waals surface area contributed by atoms with Crippen LogP contribution in [0.2, 0.25) is 0 Å². The molecule has 0 fully saturated rings. The topological polar surface area (TPSA) is 84.0 Å². The fourth-order valence-electron chi connectivity index (χ4n) is 2.15. The Hall–Kier alpha value is -2.45. The van der Waals surface area contributed by atoms with Gasteiger partial charge in [-0.15, -0.1) is 11.8 Å². The lowest BCUT2D eigenvalue weighted by Crippen LogP contribution is -2.13. The second-order valence-corrected chi connectivity index (χ2v) is 7.26. The maximum atomic E-state index is 12.0. The van der Waals surface area contributed by atoms with Crippen LogP contribution in [-0.2, 0) is 15.3 Å². The van der Waals surface area contributed by atoms with E-state index in [9.17, 15) is 9.59 Å². The summed E-state index contributed by atoms with van der Waals surface area (Å²) in [6, 6.07) is 11.2. The van der Waals surface area contributed by atoms with Gasteiger partial charge in [0.2, 0.25) is 11.8 Å². The molecule has 8 heteroatoms. The quantitative estimate of drug-likeness (QED) is 0.692. The summed E-state index contributed by atoms with van der Waals surface area (Å²) in [6.07, 6.45) is 1.74. The van der Waals surface area contributed by atoms with Crippen molar-refractivity contribution in [2.75, 3.05) is 16.4 Å². The first-order valence-electron chi connectivity index (χ1n) is 7.56. The number of nitrogens with one attached hydrogen (secondary N) is 2. The molecule has 128 valence electrons. The number of anilines is 2. The third-order valence-corrected chi connectivity index (χ3v) is 5.06. The van der Waals surface area contributed by atoms with Gasteiger partial charge in [0.05, 0.1) is 21.7 Å². The van der Waals surface area contributed by atoms with E-state index in [2.05, 4.69) is 20.6 Å². The average Bonchev–Trinajstić information content (AvgIpc) is 2.96. The van der Waals surface area contributed by atoms with Crippen LogP contribution < -0.4 is 10.6 Å². The zero-order valence-corrected chi connectivity index (χ0v) is 15.1. The standard InChI is InChI=1S/C17H16N4O2S2/c1-11(22)19-12-5-6-14-15(8-12)25-17(20-14)21-16(23)10-24-9-13-4-2-3-7-18-13/h2-8H,9-10H2,1H3,(H,19,22)(H,20,21,23). The van der Waals surface area contributed by atoms with Crippen LogP contribution in [0.1, 0.15) is 12.6 Å². The van der Waals surface area contributed by atoms with Crippen molar-refractivity contribution in [2.45, 2.75) is 12.7 Å². The van der Waals surface area contributed by atoms with Crippen molar-refractivity contribution < 1.29 is 9.59 Å². The molecule has 0 unspecified atom stereocenters. The number of nitrogens with zero attached hydrogens (tertiary/aromatic N) is 2. The smallest absolute Gasteiger partial charge is 0.236 e. The lowest BCUT2D eigenvalue weighted by atomic mass is 10.3. The van der Waals surface area contributed by atoms with E-state index in [1.54, 1.807) is 12.3 Å². The molecule has 0 aliphatic carbocycles. The van der Waals surface area contributed by atoms with Gasteiger partial charge in [-0.05, 0) is 30.3 Å². The third kappa shape index (κ3) is 5.01. The number of hydrogen-bond donors (Lipinski definition) is 2. The molecule has 0 spiro atoms. The number of hydrogen-bond acceptors (Lipinski definition) is 6. The average molecular weight is 372 g/mol. The van der Waals surface area contributed by atoms with Crippen molar-refractivity contribution in [3.05, 3.63) is 48.3 Å². The first kappa shape index (κ1) is 17.4. The van der Waals surface area contributed by atoms with Crippen LogP contribution >= 0.6 is 23.1 Å². The molecule has 0 bridgehead atoms. The zero-order valence-electron chi connectivity index (χ0n) is 13.5. The van der Waals surface area contributed by atoms with E-state index in [1.165, 1.54) is 30.0 Å². The summed E-state index contributed by atoms with van der Waals surface area (Å²) in [5.74, 6) is 0.807. The predicted molar refractivity (Wildman–Crippen MR) is 103 cm³/mol. The van der Waals surface area contributed by atoms with Gasteiger partial charge in [0.25, 0.3) is 0 Å². The molecule has 2 aromatic heterocycles. The Labute approximate surface area is 153 Å². The van der Waals surface area contributed by atoms with Crippen LogP contribution in [0, 0.1) is 0 Å². The number of fused-ring (bicyclic) bond motifs is 1. The van der Waals surface area contributed by atoms with E-state index in [-0.39, 0.29) is 11.8 Å². The lowest BCUT2D eigenvalue weighted by molar-refractivity contribution is -0.114. The van der Waals surface area contributed by atoms with Crippen LogP contribution in [0.5, 0.6) is 0 Å². The number of pyridine rings is 1. The Balaban J connectivity index is 1.56. The summed E-state index contributed by atoms with van der Waals surface area (Å²) in [5.41, 5.74) is 2.45. The molecule has 0 radical (unpaired) electrons. The monoisotopic (exact) mass is 372 g/mol. The van der Waals surface area contributed by atoms with Crippen molar-refractivity contribution in [3.8, 4) is 0 Å². The molecular weight excluding hydrogens is 356 g/mol. The van der Waals surface area contributed by atoms with Crippen LogP contribution in [0.25, 0.3) is 10.2 Å². The molecule has 6 nitrogen and oxygen atoms in total. The summed E-state index contributed by atoms with van der Waals surface area (Å²) < 4.78 is 0.905. The molecular formula is C17H16N4O2S2. The van der Waals surface area contributed by atoms with Crippen molar-refractivity contribution in [3.63, 3.8) is 0 Å². The summed E-state index contributed by atoms with van der Waals surface area (Å²) in [7, 11) is 0. The maximum absolute atomic E-state index is 12.0. The highest BCUT2D eigenvalue weighted by Crippen LogP contribution is 2.28. The summed E-state index contributed by atoms with van der Waals surface area (Å²) in [4.78, 5) is 31.8. The first-order valence-corrected chi connectivity index (χ1v) is 9.53. The molecule has 2 amide bonds. The number of rotatable bonds is 6. The molecule has 0 aliphatic heterocycles. The summed E-state index contributed by atoms with van der Waals surface area (Å²) in [6.45, 7) is 1.46. The van der Waals surface area contributed by atoms with Gasteiger partial charge in [0.1, 0.15) is 0 Å². The highest BCUT2D eigenvalue weighted by molar-refractivity contribution is 7.99. The van der Waals surface area contributed by atoms with E-state index in [0.29, 0.717) is 22.3 Å². The van der Waals surface area contributed by atoms with E-state index in [0.717, 1.165) is 15.9 Å². The van der Waals surface area contributed by atoms with E-state index >= 15 is 0 Å². The van der Waals surface area contributed by atoms with Crippen LogP contribution in [0.15, 0.2) is 42.6 Å². The maximum Gasteiger partial charge on any atom is 0.236 e. The number of amides is 2. The number of benzene rings is 1. The van der Waals surface area contributed by atoms with Crippen molar-refractivity contribution >= 4 is 55.9 Å².